The van der Waals surface area contributed by atoms with E-state index < -0.39 is 10.0 Å². The number of aromatic nitrogens is 1. The van der Waals surface area contributed by atoms with Crippen molar-refractivity contribution in [3.63, 3.8) is 0 Å². The second-order valence-corrected chi connectivity index (χ2v) is 9.30. The Hall–Kier alpha value is -2.23. The van der Waals surface area contributed by atoms with Gasteiger partial charge in [0.25, 0.3) is 0 Å². The van der Waals surface area contributed by atoms with Crippen LogP contribution in [0.3, 0.4) is 0 Å². The summed E-state index contributed by atoms with van der Waals surface area (Å²) in [5.74, 6) is 0.218. The van der Waals surface area contributed by atoms with E-state index in [-0.39, 0.29) is 29.5 Å². The third-order valence-electron chi connectivity index (χ3n) is 5.23. The molecule has 0 saturated carbocycles. The largest absolute Gasteiger partial charge is 0.360 e. The lowest BCUT2D eigenvalue weighted by Crippen LogP contribution is -3.13. The molecule has 0 spiro atoms. The molecule has 1 aromatic heterocycles. The molecule has 0 bridgehead atoms. The summed E-state index contributed by atoms with van der Waals surface area (Å²) in [6, 6.07) is 8.51. The highest BCUT2D eigenvalue weighted by Crippen LogP contribution is 2.18. The first-order valence-corrected chi connectivity index (χ1v) is 11.3. The number of benzene rings is 1. The highest BCUT2D eigenvalue weighted by molar-refractivity contribution is 7.89. The van der Waals surface area contributed by atoms with E-state index in [2.05, 4.69) is 41.1 Å². The summed E-state index contributed by atoms with van der Waals surface area (Å²) >= 11 is 0. The third kappa shape index (κ3) is 5.43. The molecule has 0 radical (unpaired) electrons. The topological polar surface area (TPSA) is 97.0 Å². The lowest BCUT2D eigenvalue weighted by atomic mass is 10.1. The Morgan fingerprint density at radius 1 is 1.24 bits per heavy atom. The Bertz CT molecular complexity index is 943. The van der Waals surface area contributed by atoms with E-state index in [0.29, 0.717) is 18.8 Å². The fourth-order valence-corrected chi connectivity index (χ4v) is 5.10. The summed E-state index contributed by atoms with van der Waals surface area (Å²) in [6.45, 7) is 9.41. The van der Waals surface area contributed by atoms with Crippen LogP contribution in [0.15, 0.2) is 33.7 Å². The first kappa shape index (κ1) is 21.5. The smallest absolute Gasteiger partial charge is 0.245 e. The molecule has 1 aliphatic rings. The maximum absolute atomic E-state index is 12.5. The van der Waals surface area contributed by atoms with E-state index >= 15 is 0 Å². The van der Waals surface area contributed by atoms with E-state index in [9.17, 15) is 13.2 Å². The number of sulfonamides is 1. The molecule has 0 atom stereocenters. The van der Waals surface area contributed by atoms with E-state index in [0.717, 1.165) is 19.6 Å². The number of nitrogens with zero attached hydrogens (tertiary/aromatic N) is 2. The van der Waals surface area contributed by atoms with Crippen LogP contribution in [0.5, 0.6) is 0 Å². The zero-order chi connectivity index (χ0) is 21.0. The van der Waals surface area contributed by atoms with Gasteiger partial charge in [-0.1, -0.05) is 35.0 Å². The molecule has 1 amide bonds. The maximum Gasteiger partial charge on any atom is 0.245 e. The van der Waals surface area contributed by atoms with Crippen molar-refractivity contribution >= 4 is 15.9 Å². The van der Waals surface area contributed by atoms with Gasteiger partial charge >= 0.3 is 0 Å². The fourth-order valence-electron chi connectivity index (χ4n) is 3.74. The van der Waals surface area contributed by atoms with Crippen molar-refractivity contribution in [2.75, 3.05) is 32.7 Å². The van der Waals surface area contributed by atoms with Gasteiger partial charge in [-0.3, -0.25) is 4.79 Å². The highest BCUT2D eigenvalue weighted by Gasteiger charge is 2.26. The van der Waals surface area contributed by atoms with Gasteiger partial charge in [-0.2, -0.15) is 0 Å². The molecular weight excluding hydrogens is 392 g/mol. The first-order chi connectivity index (χ1) is 13.8. The highest BCUT2D eigenvalue weighted by atomic mass is 32.2. The monoisotopic (exact) mass is 421 g/mol. The van der Waals surface area contributed by atoms with Crippen LogP contribution in [0.25, 0.3) is 0 Å². The van der Waals surface area contributed by atoms with Crippen LogP contribution in [0.2, 0.25) is 0 Å². The van der Waals surface area contributed by atoms with Crippen LogP contribution in [0, 0.1) is 20.8 Å². The molecule has 0 aliphatic carbocycles. The summed E-state index contributed by atoms with van der Waals surface area (Å²) in [7, 11) is -3.73. The van der Waals surface area contributed by atoms with Gasteiger partial charge in [0.15, 0.2) is 5.76 Å². The number of carbonyl (C=O) groups is 1. The van der Waals surface area contributed by atoms with Gasteiger partial charge in [0.2, 0.25) is 15.9 Å². The van der Waals surface area contributed by atoms with E-state index in [1.807, 2.05) is 4.90 Å². The lowest BCUT2D eigenvalue weighted by Gasteiger charge is -2.32. The average Bonchev–Trinajstić information content (AvgIpc) is 3.01. The Morgan fingerprint density at radius 3 is 2.59 bits per heavy atom. The SMILES string of the molecule is Cc1cccc(C[NH+]2CCN(C(=O)CCNS(=O)(=O)c3c(C)noc3C)CC2)c1. The van der Waals surface area contributed by atoms with Crippen molar-refractivity contribution in [3.05, 3.63) is 46.8 Å². The van der Waals surface area contributed by atoms with Gasteiger partial charge < -0.3 is 14.3 Å². The molecule has 9 heteroatoms. The molecule has 3 rings (SSSR count). The zero-order valence-electron chi connectivity index (χ0n) is 17.2. The summed E-state index contributed by atoms with van der Waals surface area (Å²) in [6.07, 6.45) is 0.135. The van der Waals surface area contributed by atoms with Gasteiger partial charge in [0, 0.05) is 18.5 Å². The maximum atomic E-state index is 12.5. The van der Waals surface area contributed by atoms with Crippen molar-refractivity contribution in [3.8, 4) is 0 Å². The Labute approximate surface area is 171 Å². The Balaban J connectivity index is 1.44. The number of hydrogen-bond acceptors (Lipinski definition) is 5. The number of amides is 1. The number of piperazine rings is 1. The normalized spacial score (nSPS) is 15.6. The molecule has 0 unspecified atom stereocenters. The molecule has 1 saturated heterocycles. The van der Waals surface area contributed by atoms with Gasteiger partial charge in [0.1, 0.15) is 17.1 Å². The van der Waals surface area contributed by atoms with Crippen molar-refractivity contribution in [1.82, 2.24) is 14.8 Å². The second kappa shape index (κ2) is 9.06. The summed E-state index contributed by atoms with van der Waals surface area (Å²) in [5, 5.41) is 3.67. The van der Waals surface area contributed by atoms with Gasteiger partial charge in [-0.05, 0) is 20.8 Å². The quantitative estimate of drug-likeness (QED) is 0.666. The van der Waals surface area contributed by atoms with Crippen LogP contribution in [-0.2, 0) is 21.4 Å². The zero-order valence-corrected chi connectivity index (χ0v) is 18.0. The molecule has 2 N–H and O–H groups in total. The molecule has 2 aromatic rings. The van der Waals surface area contributed by atoms with E-state index in [1.165, 1.54) is 16.0 Å². The molecule has 29 heavy (non-hydrogen) atoms. The van der Waals surface area contributed by atoms with Crippen LogP contribution in [0.1, 0.15) is 29.0 Å². The van der Waals surface area contributed by atoms with Crippen LogP contribution in [0.4, 0.5) is 0 Å². The number of nitrogens with one attached hydrogen (secondary N) is 2. The molecule has 2 heterocycles. The molecule has 1 aromatic carbocycles. The van der Waals surface area contributed by atoms with Gasteiger partial charge in [0.05, 0.1) is 26.2 Å². The second-order valence-electron chi connectivity index (χ2n) is 7.60. The summed E-state index contributed by atoms with van der Waals surface area (Å²) < 4.78 is 32.2. The van der Waals surface area contributed by atoms with Crippen molar-refractivity contribution < 1.29 is 22.6 Å². The molecule has 158 valence electrons. The number of carbonyl (C=O) groups excluding carboxylic acids is 1. The fraction of sp³-hybridized carbons (Fsp3) is 0.500. The van der Waals surface area contributed by atoms with E-state index in [4.69, 9.17) is 4.52 Å². The summed E-state index contributed by atoms with van der Waals surface area (Å²) in [4.78, 5) is 15.8. The van der Waals surface area contributed by atoms with Crippen molar-refractivity contribution in [1.29, 1.82) is 0 Å². The number of rotatable bonds is 7. The molecule has 8 nitrogen and oxygen atoms in total. The summed E-state index contributed by atoms with van der Waals surface area (Å²) in [5.41, 5.74) is 2.89. The molecule has 1 fully saturated rings. The minimum atomic E-state index is -3.73. The predicted molar refractivity (Wildman–Crippen MR) is 108 cm³/mol. The van der Waals surface area contributed by atoms with Crippen molar-refractivity contribution in [2.24, 2.45) is 0 Å². The average molecular weight is 422 g/mol. The minimum Gasteiger partial charge on any atom is -0.360 e. The first-order valence-electron chi connectivity index (χ1n) is 9.85. The van der Waals surface area contributed by atoms with Crippen LogP contribution < -0.4 is 9.62 Å². The Kier molecular flexibility index (Phi) is 6.71. The van der Waals surface area contributed by atoms with Crippen LogP contribution in [-0.4, -0.2) is 57.1 Å². The lowest BCUT2D eigenvalue weighted by molar-refractivity contribution is -0.917. The van der Waals surface area contributed by atoms with Gasteiger partial charge in [-0.15, -0.1) is 0 Å². The van der Waals surface area contributed by atoms with Crippen molar-refractivity contribution in [2.45, 2.75) is 38.6 Å². The third-order valence-corrected chi connectivity index (χ3v) is 6.93. The Morgan fingerprint density at radius 2 is 1.97 bits per heavy atom. The standard InChI is InChI=1S/C20H28N4O4S/c1-15-5-4-6-18(13-15)14-23-9-11-24(12-10-23)19(25)7-8-21-29(26,27)20-16(2)22-28-17(20)3/h4-6,13,21H,7-12,14H2,1-3H3/p+1. The van der Waals surface area contributed by atoms with E-state index in [1.54, 1.807) is 13.8 Å². The number of hydrogen-bond donors (Lipinski definition) is 2. The van der Waals surface area contributed by atoms with Gasteiger partial charge in [-0.25, -0.2) is 13.1 Å². The molecular formula is C20H29N4O4S+. The number of quaternary nitrogens is 1. The predicted octanol–water partition coefficient (Wildman–Crippen LogP) is 0.196. The minimum absolute atomic E-state index is 0.0268. The van der Waals surface area contributed by atoms with Crippen LogP contribution >= 0.6 is 0 Å². The number of aryl methyl sites for hydroxylation is 3. The molecule has 1 aliphatic heterocycles.